The summed E-state index contributed by atoms with van der Waals surface area (Å²) in [5.41, 5.74) is 2.50. The number of rotatable bonds is 5. The van der Waals surface area contributed by atoms with Gasteiger partial charge >= 0.3 is 0 Å². The van der Waals surface area contributed by atoms with Crippen LogP contribution >= 0.6 is 0 Å². The summed E-state index contributed by atoms with van der Waals surface area (Å²) in [7, 11) is 0. The third-order valence-corrected chi connectivity index (χ3v) is 2.84. The van der Waals surface area contributed by atoms with Crippen LogP contribution in [0.15, 0.2) is 30.8 Å². The van der Waals surface area contributed by atoms with Gasteiger partial charge in [-0.05, 0) is 24.0 Å². The topological polar surface area (TPSA) is 12.0 Å². The third kappa shape index (κ3) is 3.88. The molecule has 1 nitrogen and oxygen atoms in total. The van der Waals surface area contributed by atoms with E-state index < -0.39 is 0 Å². The highest BCUT2D eigenvalue weighted by Crippen LogP contribution is 2.07. The van der Waals surface area contributed by atoms with Gasteiger partial charge in [0.25, 0.3) is 0 Å². The minimum absolute atomic E-state index is 0.559. The largest absolute Gasteiger partial charge is 0.310 e. The Labute approximate surface area is 93.2 Å². The Morgan fingerprint density at radius 3 is 2.27 bits per heavy atom. The quantitative estimate of drug-likeness (QED) is 0.772. The van der Waals surface area contributed by atoms with Crippen LogP contribution in [-0.2, 0) is 6.54 Å². The molecule has 82 valence electrons. The molecule has 1 N–H and O–H groups in total. The van der Waals surface area contributed by atoms with Gasteiger partial charge in [0, 0.05) is 12.6 Å². The van der Waals surface area contributed by atoms with Gasteiger partial charge in [0.05, 0.1) is 0 Å². The first-order valence-corrected chi connectivity index (χ1v) is 5.58. The lowest BCUT2D eigenvalue weighted by Gasteiger charge is -2.17. The van der Waals surface area contributed by atoms with Crippen LogP contribution in [0.25, 0.3) is 6.08 Å². The molecule has 0 heterocycles. The summed E-state index contributed by atoms with van der Waals surface area (Å²) in [6, 6.07) is 9.06. The van der Waals surface area contributed by atoms with E-state index in [0.29, 0.717) is 12.0 Å². The molecule has 0 aliphatic heterocycles. The number of nitrogens with one attached hydrogen (secondary N) is 1. The second-order valence-electron chi connectivity index (χ2n) is 4.36. The van der Waals surface area contributed by atoms with Gasteiger partial charge < -0.3 is 5.32 Å². The van der Waals surface area contributed by atoms with E-state index in [0.717, 1.165) is 6.54 Å². The van der Waals surface area contributed by atoms with E-state index in [1.165, 1.54) is 11.1 Å². The van der Waals surface area contributed by atoms with E-state index in [-0.39, 0.29) is 0 Å². The first-order chi connectivity index (χ1) is 7.13. The Morgan fingerprint density at radius 2 is 1.80 bits per heavy atom. The summed E-state index contributed by atoms with van der Waals surface area (Å²) in [6.07, 6.45) is 1.87. The zero-order valence-corrected chi connectivity index (χ0v) is 9.96. The molecule has 0 fully saturated rings. The minimum atomic E-state index is 0.559. The van der Waals surface area contributed by atoms with Crippen molar-refractivity contribution in [2.75, 3.05) is 0 Å². The molecule has 1 aromatic carbocycles. The van der Waals surface area contributed by atoms with Gasteiger partial charge in [-0.25, -0.2) is 0 Å². The van der Waals surface area contributed by atoms with Crippen LogP contribution in [-0.4, -0.2) is 6.04 Å². The van der Waals surface area contributed by atoms with Crippen LogP contribution in [0.3, 0.4) is 0 Å². The standard InChI is InChI=1S/C14H21N/c1-5-13-6-8-14(9-7-13)10-15-12(4)11(2)3/h5-9,11-12,15H,1,10H2,2-4H3/t12-/m0/s1. The van der Waals surface area contributed by atoms with Gasteiger partial charge in [-0.3, -0.25) is 0 Å². The molecule has 0 aliphatic carbocycles. The Bertz CT molecular complexity index is 298. The molecule has 0 radical (unpaired) electrons. The molecule has 0 aromatic heterocycles. The maximum absolute atomic E-state index is 3.74. The number of benzene rings is 1. The average Bonchev–Trinajstić information content (AvgIpc) is 2.26. The van der Waals surface area contributed by atoms with E-state index in [2.05, 4.69) is 56.9 Å². The smallest absolute Gasteiger partial charge is 0.0208 e. The normalized spacial score (nSPS) is 12.8. The summed E-state index contributed by atoms with van der Waals surface area (Å²) in [5, 5.41) is 3.51. The summed E-state index contributed by atoms with van der Waals surface area (Å²) in [6.45, 7) is 11.4. The average molecular weight is 203 g/mol. The Kier molecular flexibility index (Phi) is 4.57. The highest BCUT2D eigenvalue weighted by Gasteiger charge is 2.05. The maximum Gasteiger partial charge on any atom is 0.0208 e. The maximum atomic E-state index is 3.74. The van der Waals surface area contributed by atoms with Gasteiger partial charge in [0.2, 0.25) is 0 Å². The lowest BCUT2D eigenvalue weighted by atomic mass is 10.1. The zero-order valence-electron chi connectivity index (χ0n) is 9.96. The van der Waals surface area contributed by atoms with Crippen LogP contribution in [0.2, 0.25) is 0 Å². The van der Waals surface area contributed by atoms with Crippen molar-refractivity contribution in [2.24, 2.45) is 5.92 Å². The molecule has 0 saturated heterocycles. The van der Waals surface area contributed by atoms with Crippen LogP contribution in [0.1, 0.15) is 31.9 Å². The van der Waals surface area contributed by atoms with E-state index in [9.17, 15) is 0 Å². The zero-order chi connectivity index (χ0) is 11.3. The summed E-state index contributed by atoms with van der Waals surface area (Å²) in [5.74, 6) is 0.678. The molecule has 0 amide bonds. The van der Waals surface area contributed by atoms with E-state index >= 15 is 0 Å². The van der Waals surface area contributed by atoms with Crippen molar-refractivity contribution >= 4 is 6.08 Å². The van der Waals surface area contributed by atoms with Crippen molar-refractivity contribution < 1.29 is 0 Å². The molecule has 1 aromatic rings. The van der Waals surface area contributed by atoms with Crippen molar-refractivity contribution in [3.8, 4) is 0 Å². The summed E-state index contributed by atoms with van der Waals surface area (Å²) >= 11 is 0. The molecular formula is C14H21N. The van der Waals surface area contributed by atoms with Crippen LogP contribution < -0.4 is 5.32 Å². The molecule has 1 heteroatoms. The molecule has 15 heavy (non-hydrogen) atoms. The van der Waals surface area contributed by atoms with Gasteiger partial charge in [0.1, 0.15) is 0 Å². The minimum Gasteiger partial charge on any atom is -0.310 e. The SMILES string of the molecule is C=Cc1ccc(CN[C@@H](C)C(C)C)cc1. The fourth-order valence-corrected chi connectivity index (χ4v) is 1.29. The van der Waals surface area contributed by atoms with Crippen molar-refractivity contribution in [1.82, 2.24) is 5.32 Å². The highest BCUT2D eigenvalue weighted by atomic mass is 14.9. The fourth-order valence-electron chi connectivity index (χ4n) is 1.29. The Morgan fingerprint density at radius 1 is 1.20 bits per heavy atom. The Balaban J connectivity index is 2.47. The lowest BCUT2D eigenvalue weighted by Crippen LogP contribution is -2.30. The lowest BCUT2D eigenvalue weighted by molar-refractivity contribution is 0.426. The van der Waals surface area contributed by atoms with Crippen molar-refractivity contribution in [3.05, 3.63) is 42.0 Å². The second-order valence-corrected chi connectivity index (χ2v) is 4.36. The molecule has 0 aliphatic rings. The molecule has 1 atom stereocenters. The third-order valence-electron chi connectivity index (χ3n) is 2.84. The van der Waals surface area contributed by atoms with E-state index in [1.807, 2.05) is 6.08 Å². The molecule has 0 unspecified atom stereocenters. The molecule has 0 spiro atoms. The van der Waals surface area contributed by atoms with Crippen molar-refractivity contribution in [3.63, 3.8) is 0 Å². The predicted molar refractivity (Wildman–Crippen MR) is 67.7 cm³/mol. The van der Waals surface area contributed by atoms with Crippen molar-refractivity contribution in [2.45, 2.75) is 33.4 Å². The van der Waals surface area contributed by atoms with Crippen LogP contribution in [0.4, 0.5) is 0 Å². The summed E-state index contributed by atoms with van der Waals surface area (Å²) in [4.78, 5) is 0. The van der Waals surface area contributed by atoms with Gasteiger partial charge in [-0.15, -0.1) is 0 Å². The Hall–Kier alpha value is -1.08. The van der Waals surface area contributed by atoms with Crippen LogP contribution in [0, 0.1) is 5.92 Å². The van der Waals surface area contributed by atoms with Gasteiger partial charge in [0.15, 0.2) is 0 Å². The monoisotopic (exact) mass is 203 g/mol. The molecule has 0 saturated carbocycles. The number of hydrogen-bond acceptors (Lipinski definition) is 1. The van der Waals surface area contributed by atoms with Gasteiger partial charge in [-0.1, -0.05) is 50.8 Å². The second kappa shape index (κ2) is 5.72. The predicted octanol–water partition coefficient (Wildman–Crippen LogP) is 3.46. The summed E-state index contributed by atoms with van der Waals surface area (Å²) < 4.78 is 0. The van der Waals surface area contributed by atoms with Crippen molar-refractivity contribution in [1.29, 1.82) is 0 Å². The molecule has 0 bridgehead atoms. The molecule has 1 rings (SSSR count). The number of hydrogen-bond donors (Lipinski definition) is 1. The van der Waals surface area contributed by atoms with E-state index in [1.54, 1.807) is 0 Å². The fraction of sp³-hybridized carbons (Fsp3) is 0.429. The highest BCUT2D eigenvalue weighted by molar-refractivity contribution is 5.47. The van der Waals surface area contributed by atoms with E-state index in [4.69, 9.17) is 0 Å². The first-order valence-electron chi connectivity index (χ1n) is 5.58. The first kappa shape index (κ1) is 12.0. The molecular weight excluding hydrogens is 182 g/mol. The van der Waals surface area contributed by atoms with Gasteiger partial charge in [-0.2, -0.15) is 0 Å². The van der Waals surface area contributed by atoms with Crippen LogP contribution in [0.5, 0.6) is 0 Å².